The van der Waals surface area contributed by atoms with Gasteiger partial charge in [-0.25, -0.2) is 13.2 Å². The molecule has 5 heteroatoms. The highest BCUT2D eigenvalue weighted by Crippen LogP contribution is 2.30. The molecule has 0 aromatic heterocycles. The van der Waals surface area contributed by atoms with Gasteiger partial charge in [0.05, 0.1) is 11.3 Å². The molecule has 0 spiro atoms. The molecule has 2 rings (SSSR count). The van der Waals surface area contributed by atoms with Crippen molar-refractivity contribution in [3.8, 4) is 0 Å². The average molecular weight is 245 g/mol. The molecule has 0 bridgehead atoms. The van der Waals surface area contributed by atoms with Gasteiger partial charge in [-0.2, -0.15) is 0 Å². The summed E-state index contributed by atoms with van der Waals surface area (Å²) in [5.41, 5.74) is -0.985. The van der Waals surface area contributed by atoms with E-state index in [1.165, 1.54) is 0 Å². The monoisotopic (exact) mass is 245 g/mol. The van der Waals surface area contributed by atoms with E-state index in [4.69, 9.17) is 0 Å². The number of nitrogens with one attached hydrogen (secondary N) is 1. The van der Waals surface area contributed by atoms with Crippen LogP contribution in [0.3, 0.4) is 0 Å². The molecule has 0 aliphatic heterocycles. The van der Waals surface area contributed by atoms with Crippen LogP contribution in [0.25, 0.3) is 0 Å². The van der Waals surface area contributed by atoms with Gasteiger partial charge in [-0.15, -0.1) is 0 Å². The molecule has 1 saturated carbocycles. The van der Waals surface area contributed by atoms with Gasteiger partial charge in [0.15, 0.2) is 17.5 Å². The molecule has 94 valence electrons. The summed E-state index contributed by atoms with van der Waals surface area (Å²) in [6.07, 6.45) is 3.15. The zero-order valence-electron chi connectivity index (χ0n) is 9.27. The highest BCUT2D eigenvalue weighted by atomic mass is 19.2. The summed E-state index contributed by atoms with van der Waals surface area (Å²) in [6.45, 7) is 0.148. The van der Waals surface area contributed by atoms with E-state index in [9.17, 15) is 18.3 Å². The summed E-state index contributed by atoms with van der Waals surface area (Å²) >= 11 is 0. The third-order valence-corrected chi connectivity index (χ3v) is 3.18. The van der Waals surface area contributed by atoms with Gasteiger partial charge in [0.25, 0.3) is 0 Å². The molecular weight excluding hydrogens is 231 g/mol. The molecule has 2 N–H and O–H groups in total. The van der Waals surface area contributed by atoms with E-state index < -0.39 is 23.1 Å². The minimum Gasteiger partial charge on any atom is -0.388 e. The maximum absolute atomic E-state index is 13.3. The Balaban J connectivity index is 2.06. The molecule has 17 heavy (non-hydrogen) atoms. The maximum atomic E-state index is 13.3. The van der Waals surface area contributed by atoms with Crippen LogP contribution >= 0.6 is 0 Å². The number of rotatable bonds is 3. The molecule has 0 unspecified atom stereocenters. The second-order valence-electron chi connectivity index (χ2n) is 4.51. The number of halogens is 3. The van der Waals surface area contributed by atoms with Gasteiger partial charge >= 0.3 is 0 Å². The first-order chi connectivity index (χ1) is 8.02. The Morgan fingerprint density at radius 3 is 2.41 bits per heavy atom. The first-order valence-corrected chi connectivity index (χ1v) is 5.62. The van der Waals surface area contributed by atoms with Crippen molar-refractivity contribution < 1.29 is 18.3 Å². The van der Waals surface area contributed by atoms with Crippen LogP contribution in [0, 0.1) is 17.5 Å². The van der Waals surface area contributed by atoms with Gasteiger partial charge in [0.1, 0.15) is 0 Å². The van der Waals surface area contributed by atoms with E-state index in [1.54, 1.807) is 0 Å². The number of aliphatic hydroxyl groups is 1. The lowest BCUT2D eigenvalue weighted by atomic mass is 10.0. The predicted molar refractivity (Wildman–Crippen MR) is 58.2 cm³/mol. The Kier molecular flexibility index (Phi) is 3.28. The molecular formula is C12H14F3NO. The van der Waals surface area contributed by atoms with E-state index in [0.717, 1.165) is 25.0 Å². The summed E-state index contributed by atoms with van der Waals surface area (Å²) in [5, 5.41) is 12.6. The molecule has 0 amide bonds. The Morgan fingerprint density at radius 1 is 1.12 bits per heavy atom. The normalized spacial score (nSPS) is 18.4. The van der Waals surface area contributed by atoms with Crippen molar-refractivity contribution in [3.05, 3.63) is 29.6 Å². The fourth-order valence-corrected chi connectivity index (χ4v) is 2.13. The first kappa shape index (κ1) is 12.2. The largest absolute Gasteiger partial charge is 0.388 e. The van der Waals surface area contributed by atoms with Gasteiger partial charge in [-0.05, 0) is 25.0 Å². The molecule has 0 heterocycles. The lowest BCUT2D eigenvalue weighted by Crippen LogP contribution is -2.33. The van der Waals surface area contributed by atoms with E-state index >= 15 is 0 Å². The van der Waals surface area contributed by atoms with Crippen molar-refractivity contribution >= 4 is 5.69 Å². The number of benzene rings is 1. The number of anilines is 1. The van der Waals surface area contributed by atoms with Crippen LogP contribution in [-0.4, -0.2) is 17.3 Å². The summed E-state index contributed by atoms with van der Waals surface area (Å²) < 4.78 is 38.9. The third-order valence-electron chi connectivity index (χ3n) is 3.18. The summed E-state index contributed by atoms with van der Waals surface area (Å²) in [5.74, 6) is -3.95. The third kappa shape index (κ3) is 2.54. The zero-order chi connectivity index (χ0) is 12.5. The smallest absolute Gasteiger partial charge is 0.196 e. The zero-order valence-corrected chi connectivity index (χ0v) is 9.27. The minimum absolute atomic E-state index is 0.121. The fraction of sp³-hybridized carbons (Fsp3) is 0.500. The Labute approximate surface area is 97.5 Å². The summed E-state index contributed by atoms with van der Waals surface area (Å²) in [7, 11) is 0. The van der Waals surface area contributed by atoms with Gasteiger partial charge < -0.3 is 10.4 Å². The lowest BCUT2D eigenvalue weighted by molar-refractivity contribution is 0.0614. The lowest BCUT2D eigenvalue weighted by Gasteiger charge is -2.23. The summed E-state index contributed by atoms with van der Waals surface area (Å²) in [4.78, 5) is 0. The molecule has 1 aliphatic rings. The quantitative estimate of drug-likeness (QED) is 0.802. The first-order valence-electron chi connectivity index (χ1n) is 5.62. The van der Waals surface area contributed by atoms with Crippen LogP contribution in [-0.2, 0) is 0 Å². The van der Waals surface area contributed by atoms with Crippen LogP contribution in [0.2, 0.25) is 0 Å². The number of hydrogen-bond acceptors (Lipinski definition) is 2. The van der Waals surface area contributed by atoms with E-state index in [0.29, 0.717) is 12.8 Å². The van der Waals surface area contributed by atoms with Crippen LogP contribution in [0.15, 0.2) is 12.1 Å². The second kappa shape index (κ2) is 4.56. The van der Waals surface area contributed by atoms with Crippen molar-refractivity contribution in [1.82, 2.24) is 0 Å². The second-order valence-corrected chi connectivity index (χ2v) is 4.51. The molecule has 2 nitrogen and oxygen atoms in total. The van der Waals surface area contributed by atoms with Gasteiger partial charge in [0, 0.05) is 6.54 Å². The molecule has 0 atom stereocenters. The van der Waals surface area contributed by atoms with Crippen molar-refractivity contribution in [2.45, 2.75) is 31.3 Å². The highest BCUT2D eigenvalue weighted by molar-refractivity contribution is 5.45. The Hall–Kier alpha value is -1.23. The van der Waals surface area contributed by atoms with Crippen LogP contribution in [0.5, 0.6) is 0 Å². The molecule has 1 aliphatic carbocycles. The van der Waals surface area contributed by atoms with Crippen molar-refractivity contribution in [3.63, 3.8) is 0 Å². The van der Waals surface area contributed by atoms with Gasteiger partial charge in [-0.1, -0.05) is 12.8 Å². The SMILES string of the molecule is OC1(CNc2ccc(F)c(F)c2F)CCCC1. The van der Waals surface area contributed by atoms with Crippen LogP contribution < -0.4 is 5.32 Å². The standard InChI is InChI=1S/C12H14F3NO/c13-8-3-4-9(11(15)10(8)14)16-7-12(17)5-1-2-6-12/h3-4,16-17H,1-2,5-7H2. The van der Waals surface area contributed by atoms with Crippen LogP contribution in [0.4, 0.5) is 18.9 Å². The maximum Gasteiger partial charge on any atom is 0.196 e. The molecule has 0 radical (unpaired) electrons. The van der Waals surface area contributed by atoms with E-state index in [2.05, 4.69) is 5.32 Å². The number of hydrogen-bond donors (Lipinski definition) is 2. The topological polar surface area (TPSA) is 32.3 Å². The predicted octanol–water partition coefficient (Wildman–Crippen LogP) is 2.82. The van der Waals surface area contributed by atoms with Crippen molar-refractivity contribution in [2.75, 3.05) is 11.9 Å². The Bertz CT molecular complexity index is 416. The molecule has 1 fully saturated rings. The molecule has 1 aromatic rings. The van der Waals surface area contributed by atoms with Gasteiger partial charge in [0.2, 0.25) is 0 Å². The van der Waals surface area contributed by atoms with E-state index in [1.807, 2.05) is 0 Å². The Morgan fingerprint density at radius 2 is 1.76 bits per heavy atom. The fourth-order valence-electron chi connectivity index (χ4n) is 2.13. The molecule has 1 aromatic carbocycles. The van der Waals surface area contributed by atoms with Crippen molar-refractivity contribution in [1.29, 1.82) is 0 Å². The highest BCUT2D eigenvalue weighted by Gasteiger charge is 2.31. The average Bonchev–Trinajstić information content (AvgIpc) is 2.73. The van der Waals surface area contributed by atoms with Crippen LogP contribution in [0.1, 0.15) is 25.7 Å². The van der Waals surface area contributed by atoms with E-state index in [-0.39, 0.29) is 12.2 Å². The minimum atomic E-state index is -1.49. The summed E-state index contributed by atoms with van der Waals surface area (Å²) in [6, 6.07) is 1.99. The van der Waals surface area contributed by atoms with Gasteiger partial charge in [-0.3, -0.25) is 0 Å². The van der Waals surface area contributed by atoms with Crippen molar-refractivity contribution in [2.24, 2.45) is 0 Å². The molecule has 0 saturated heterocycles.